The molecule has 1 aromatic rings. The van der Waals surface area contributed by atoms with Gasteiger partial charge >= 0.3 is 6.03 Å². The Kier molecular flexibility index (Phi) is 2.73. The van der Waals surface area contributed by atoms with E-state index in [9.17, 15) is 4.79 Å². The summed E-state index contributed by atoms with van der Waals surface area (Å²) in [5.74, 6) is 0.675. The average Bonchev–Trinajstić information content (AvgIpc) is 3.08. The number of carbonyl (C=O) groups is 1. The van der Waals surface area contributed by atoms with E-state index in [4.69, 9.17) is 4.84 Å². The van der Waals surface area contributed by atoms with Crippen LogP contribution in [0.15, 0.2) is 30.3 Å². The first-order valence-electron chi connectivity index (χ1n) is 6.13. The first-order chi connectivity index (χ1) is 8.34. The van der Waals surface area contributed by atoms with Crippen LogP contribution in [0.4, 0.5) is 4.79 Å². The lowest BCUT2D eigenvalue weighted by molar-refractivity contribution is 0.172. The average molecular weight is 232 g/mol. The van der Waals surface area contributed by atoms with Crippen molar-refractivity contribution in [1.82, 2.24) is 10.4 Å². The van der Waals surface area contributed by atoms with Gasteiger partial charge < -0.3 is 5.32 Å². The number of urea groups is 1. The molecule has 0 spiro atoms. The molecule has 1 N–H and O–H groups in total. The molecule has 2 amide bonds. The van der Waals surface area contributed by atoms with Crippen molar-refractivity contribution >= 4 is 6.03 Å². The summed E-state index contributed by atoms with van der Waals surface area (Å²) in [4.78, 5) is 17.0. The SMILES string of the molecule is O=C(NCC1CCC1)N1OC1c1ccccc1. The van der Waals surface area contributed by atoms with Crippen molar-refractivity contribution in [3.8, 4) is 0 Å². The Morgan fingerprint density at radius 1 is 1.35 bits per heavy atom. The van der Waals surface area contributed by atoms with Gasteiger partial charge in [0.15, 0.2) is 0 Å². The molecule has 4 nitrogen and oxygen atoms in total. The van der Waals surface area contributed by atoms with Gasteiger partial charge in [0.1, 0.15) is 0 Å². The fourth-order valence-corrected chi connectivity index (χ4v) is 2.06. The normalized spacial score (nSPS) is 23.1. The second-order valence-corrected chi connectivity index (χ2v) is 4.68. The fraction of sp³-hybridized carbons (Fsp3) is 0.462. The summed E-state index contributed by atoms with van der Waals surface area (Å²) in [6, 6.07) is 9.65. The number of amides is 2. The summed E-state index contributed by atoms with van der Waals surface area (Å²) in [7, 11) is 0. The molecule has 0 bridgehead atoms. The molecule has 4 heteroatoms. The monoisotopic (exact) mass is 232 g/mol. The second kappa shape index (κ2) is 4.37. The van der Waals surface area contributed by atoms with Gasteiger partial charge in [0.2, 0.25) is 6.23 Å². The molecule has 2 aliphatic rings. The van der Waals surface area contributed by atoms with Crippen molar-refractivity contribution in [3.05, 3.63) is 35.9 Å². The molecule has 3 rings (SSSR count). The Bertz CT molecular complexity index is 403. The molecule has 1 saturated heterocycles. The van der Waals surface area contributed by atoms with Crippen molar-refractivity contribution < 1.29 is 9.63 Å². The third-order valence-electron chi connectivity index (χ3n) is 3.43. The molecule has 1 saturated carbocycles. The minimum Gasteiger partial charge on any atom is -0.336 e. The molecule has 1 aromatic carbocycles. The Morgan fingerprint density at radius 3 is 2.76 bits per heavy atom. The number of benzene rings is 1. The molecule has 1 atom stereocenters. The van der Waals surface area contributed by atoms with Crippen LogP contribution in [0.1, 0.15) is 31.1 Å². The zero-order valence-corrected chi connectivity index (χ0v) is 9.63. The number of hydrogen-bond donors (Lipinski definition) is 1. The minimum absolute atomic E-state index is 0.120. The molecular weight excluding hydrogens is 216 g/mol. The van der Waals surface area contributed by atoms with Gasteiger partial charge in [-0.2, -0.15) is 5.06 Å². The van der Waals surface area contributed by atoms with Gasteiger partial charge in [-0.1, -0.05) is 36.8 Å². The fourth-order valence-electron chi connectivity index (χ4n) is 2.06. The van der Waals surface area contributed by atoms with Crippen LogP contribution in [0.3, 0.4) is 0 Å². The maximum absolute atomic E-state index is 11.7. The van der Waals surface area contributed by atoms with Gasteiger partial charge in [0, 0.05) is 12.1 Å². The highest BCUT2D eigenvalue weighted by Gasteiger charge is 2.42. The van der Waals surface area contributed by atoms with Crippen LogP contribution < -0.4 is 5.32 Å². The summed E-state index contributed by atoms with van der Waals surface area (Å²) >= 11 is 0. The van der Waals surface area contributed by atoms with Crippen LogP contribution in [0, 0.1) is 5.92 Å². The van der Waals surface area contributed by atoms with E-state index in [1.54, 1.807) is 0 Å². The largest absolute Gasteiger partial charge is 0.344 e. The first-order valence-corrected chi connectivity index (χ1v) is 6.13. The molecule has 0 aromatic heterocycles. The van der Waals surface area contributed by atoms with E-state index in [1.807, 2.05) is 30.3 Å². The highest BCUT2D eigenvalue weighted by molar-refractivity contribution is 5.74. The highest BCUT2D eigenvalue weighted by Crippen LogP contribution is 2.36. The predicted octanol–water partition coefficient (Wildman–Crippen LogP) is 2.44. The van der Waals surface area contributed by atoms with Crippen LogP contribution in [0.2, 0.25) is 0 Å². The van der Waals surface area contributed by atoms with Crippen LogP contribution in [0.5, 0.6) is 0 Å². The van der Waals surface area contributed by atoms with Gasteiger partial charge in [-0.15, -0.1) is 0 Å². The summed E-state index contributed by atoms with van der Waals surface area (Å²) in [5, 5.41) is 4.31. The Morgan fingerprint density at radius 2 is 2.12 bits per heavy atom. The third-order valence-corrected chi connectivity index (χ3v) is 3.43. The van der Waals surface area contributed by atoms with E-state index in [0.29, 0.717) is 5.92 Å². The summed E-state index contributed by atoms with van der Waals surface area (Å²) < 4.78 is 0. The number of nitrogens with one attached hydrogen (secondary N) is 1. The Hall–Kier alpha value is -1.55. The number of rotatable bonds is 3. The van der Waals surface area contributed by atoms with Gasteiger partial charge in [-0.25, -0.2) is 9.63 Å². The number of hydrogen-bond acceptors (Lipinski definition) is 2. The van der Waals surface area contributed by atoms with E-state index < -0.39 is 0 Å². The maximum atomic E-state index is 11.7. The Balaban J connectivity index is 1.48. The number of carbonyl (C=O) groups excluding carboxylic acids is 1. The van der Waals surface area contributed by atoms with Gasteiger partial charge in [-0.3, -0.25) is 0 Å². The lowest BCUT2D eigenvalue weighted by Crippen LogP contribution is -2.35. The van der Waals surface area contributed by atoms with Crippen molar-refractivity contribution in [2.45, 2.75) is 25.5 Å². The van der Waals surface area contributed by atoms with E-state index in [0.717, 1.165) is 12.1 Å². The molecule has 1 aliphatic carbocycles. The quantitative estimate of drug-likeness (QED) is 0.813. The molecular formula is C13H16N2O2. The van der Waals surface area contributed by atoms with Crippen LogP contribution >= 0.6 is 0 Å². The third kappa shape index (κ3) is 2.26. The molecule has 1 heterocycles. The standard InChI is InChI=1S/C13H16N2O2/c16-13(14-9-10-5-4-6-10)15-12(17-15)11-7-2-1-3-8-11/h1-3,7-8,10,12H,4-6,9H2,(H,14,16). The zero-order chi connectivity index (χ0) is 11.7. The van der Waals surface area contributed by atoms with Gasteiger partial charge in [0.05, 0.1) is 0 Å². The second-order valence-electron chi connectivity index (χ2n) is 4.68. The molecule has 17 heavy (non-hydrogen) atoms. The summed E-state index contributed by atoms with van der Waals surface area (Å²) in [6.07, 6.45) is 3.58. The van der Waals surface area contributed by atoms with E-state index in [2.05, 4.69) is 5.32 Å². The molecule has 1 aliphatic heterocycles. The van der Waals surface area contributed by atoms with Crippen molar-refractivity contribution in [2.24, 2.45) is 5.92 Å². The first kappa shape index (κ1) is 10.6. The van der Waals surface area contributed by atoms with Crippen LogP contribution in [-0.2, 0) is 4.84 Å². The summed E-state index contributed by atoms with van der Waals surface area (Å²) in [6.45, 7) is 0.778. The number of hydroxylamine groups is 2. The predicted molar refractivity (Wildman–Crippen MR) is 62.8 cm³/mol. The van der Waals surface area contributed by atoms with Gasteiger partial charge in [-0.05, 0) is 18.8 Å². The maximum Gasteiger partial charge on any atom is 0.344 e. The highest BCUT2D eigenvalue weighted by atomic mass is 16.8. The van der Waals surface area contributed by atoms with E-state index in [1.165, 1.54) is 24.3 Å². The lowest BCUT2D eigenvalue weighted by Gasteiger charge is -2.25. The van der Waals surface area contributed by atoms with E-state index in [-0.39, 0.29) is 12.3 Å². The van der Waals surface area contributed by atoms with Crippen molar-refractivity contribution in [1.29, 1.82) is 0 Å². The molecule has 90 valence electrons. The molecule has 2 fully saturated rings. The van der Waals surface area contributed by atoms with Crippen molar-refractivity contribution in [3.63, 3.8) is 0 Å². The molecule has 1 unspecified atom stereocenters. The van der Waals surface area contributed by atoms with Gasteiger partial charge in [0.25, 0.3) is 0 Å². The summed E-state index contributed by atoms with van der Waals surface area (Å²) in [5.41, 5.74) is 1.02. The lowest BCUT2D eigenvalue weighted by atomic mass is 9.85. The smallest absolute Gasteiger partial charge is 0.336 e. The number of nitrogens with zero attached hydrogens (tertiary/aromatic N) is 1. The van der Waals surface area contributed by atoms with Crippen LogP contribution in [0.25, 0.3) is 0 Å². The molecule has 0 radical (unpaired) electrons. The zero-order valence-electron chi connectivity index (χ0n) is 9.63. The van der Waals surface area contributed by atoms with E-state index >= 15 is 0 Å². The van der Waals surface area contributed by atoms with Crippen molar-refractivity contribution in [2.75, 3.05) is 6.54 Å². The Labute approximate surface area is 101 Å². The van der Waals surface area contributed by atoms with Crippen LogP contribution in [-0.4, -0.2) is 17.6 Å². The topological polar surface area (TPSA) is 44.6 Å². The minimum atomic E-state index is -0.197.